The molecule has 1 atom stereocenters. The lowest BCUT2D eigenvalue weighted by Crippen LogP contribution is -2.32. The molecule has 1 rings (SSSR count). The third-order valence-corrected chi connectivity index (χ3v) is 2.86. The molecule has 0 radical (unpaired) electrons. The van der Waals surface area contributed by atoms with Gasteiger partial charge in [0.1, 0.15) is 0 Å². The standard InChI is InChI=1S/C9H16N2S/c1-7(2)8(10-3)6-9-11-4-5-12-9/h4-5,7-8,10H,6H2,1-3H3. The molecule has 0 saturated heterocycles. The Bertz CT molecular complexity index is 206. The molecule has 1 N–H and O–H groups in total. The van der Waals surface area contributed by atoms with Crippen molar-refractivity contribution in [3.63, 3.8) is 0 Å². The molecule has 68 valence electrons. The van der Waals surface area contributed by atoms with E-state index in [0.29, 0.717) is 12.0 Å². The molecule has 0 aliphatic heterocycles. The summed E-state index contributed by atoms with van der Waals surface area (Å²) in [4.78, 5) is 4.26. The van der Waals surface area contributed by atoms with E-state index in [1.807, 2.05) is 18.6 Å². The van der Waals surface area contributed by atoms with Gasteiger partial charge in [0.2, 0.25) is 0 Å². The van der Waals surface area contributed by atoms with Gasteiger partial charge in [-0.1, -0.05) is 13.8 Å². The maximum atomic E-state index is 4.26. The molecule has 0 spiro atoms. The second kappa shape index (κ2) is 4.58. The number of nitrogens with zero attached hydrogens (tertiary/aromatic N) is 1. The maximum absolute atomic E-state index is 4.26. The van der Waals surface area contributed by atoms with Crippen LogP contribution in [0.3, 0.4) is 0 Å². The van der Waals surface area contributed by atoms with Crippen molar-refractivity contribution in [2.75, 3.05) is 7.05 Å². The molecule has 1 heterocycles. The minimum atomic E-state index is 0.552. The molecule has 0 bridgehead atoms. The van der Waals surface area contributed by atoms with Crippen LogP contribution in [-0.4, -0.2) is 18.1 Å². The zero-order valence-corrected chi connectivity index (χ0v) is 8.69. The summed E-state index contributed by atoms with van der Waals surface area (Å²) in [5.74, 6) is 0.666. The van der Waals surface area contributed by atoms with Gasteiger partial charge in [-0.15, -0.1) is 11.3 Å². The van der Waals surface area contributed by atoms with Gasteiger partial charge in [0, 0.05) is 24.0 Å². The van der Waals surface area contributed by atoms with E-state index in [4.69, 9.17) is 0 Å². The summed E-state index contributed by atoms with van der Waals surface area (Å²) in [6.07, 6.45) is 2.92. The van der Waals surface area contributed by atoms with E-state index in [9.17, 15) is 0 Å². The quantitative estimate of drug-likeness (QED) is 0.773. The van der Waals surface area contributed by atoms with Crippen LogP contribution >= 0.6 is 11.3 Å². The third kappa shape index (κ3) is 2.57. The highest BCUT2D eigenvalue weighted by Gasteiger charge is 2.12. The van der Waals surface area contributed by atoms with Crippen molar-refractivity contribution in [1.82, 2.24) is 10.3 Å². The topological polar surface area (TPSA) is 24.9 Å². The number of hydrogen-bond acceptors (Lipinski definition) is 3. The van der Waals surface area contributed by atoms with E-state index in [1.54, 1.807) is 11.3 Å². The fraction of sp³-hybridized carbons (Fsp3) is 0.667. The predicted octanol–water partition coefficient (Wildman–Crippen LogP) is 1.93. The third-order valence-electron chi connectivity index (χ3n) is 2.05. The minimum absolute atomic E-state index is 0.552. The van der Waals surface area contributed by atoms with Crippen LogP contribution in [0.15, 0.2) is 11.6 Å². The first-order valence-corrected chi connectivity index (χ1v) is 5.17. The van der Waals surface area contributed by atoms with E-state index in [-0.39, 0.29) is 0 Å². The average molecular weight is 184 g/mol. The first kappa shape index (κ1) is 9.68. The van der Waals surface area contributed by atoms with Crippen molar-refractivity contribution in [3.8, 4) is 0 Å². The summed E-state index contributed by atoms with van der Waals surface area (Å²) in [7, 11) is 2.01. The van der Waals surface area contributed by atoms with E-state index in [0.717, 1.165) is 6.42 Å². The molecule has 1 aromatic rings. The first-order chi connectivity index (χ1) is 5.74. The Morgan fingerprint density at radius 3 is 2.75 bits per heavy atom. The van der Waals surface area contributed by atoms with Gasteiger partial charge in [-0.2, -0.15) is 0 Å². The first-order valence-electron chi connectivity index (χ1n) is 4.29. The molecule has 3 heteroatoms. The van der Waals surface area contributed by atoms with Crippen LogP contribution in [0.2, 0.25) is 0 Å². The molecular formula is C9H16N2S. The molecule has 0 aliphatic rings. The van der Waals surface area contributed by atoms with E-state index >= 15 is 0 Å². The lowest BCUT2D eigenvalue weighted by molar-refractivity contribution is 0.424. The molecule has 2 nitrogen and oxygen atoms in total. The molecule has 0 saturated carbocycles. The Balaban J connectivity index is 2.48. The normalized spacial score (nSPS) is 13.7. The summed E-state index contributed by atoms with van der Waals surface area (Å²) < 4.78 is 0. The summed E-state index contributed by atoms with van der Waals surface area (Å²) in [6, 6.07) is 0.552. The van der Waals surface area contributed by atoms with Crippen molar-refractivity contribution in [1.29, 1.82) is 0 Å². The zero-order valence-electron chi connectivity index (χ0n) is 7.87. The molecule has 12 heavy (non-hydrogen) atoms. The second-order valence-electron chi connectivity index (χ2n) is 3.27. The average Bonchev–Trinajstić information content (AvgIpc) is 2.51. The monoisotopic (exact) mass is 184 g/mol. The minimum Gasteiger partial charge on any atom is -0.316 e. The van der Waals surface area contributed by atoms with Gasteiger partial charge in [0.15, 0.2) is 0 Å². The van der Waals surface area contributed by atoms with Gasteiger partial charge >= 0.3 is 0 Å². The van der Waals surface area contributed by atoms with Crippen LogP contribution in [0.25, 0.3) is 0 Å². The summed E-state index contributed by atoms with van der Waals surface area (Å²) >= 11 is 1.73. The molecule has 0 aromatic carbocycles. The Hall–Kier alpha value is -0.410. The Morgan fingerprint density at radius 2 is 2.33 bits per heavy atom. The molecule has 1 unspecified atom stereocenters. The lowest BCUT2D eigenvalue weighted by Gasteiger charge is -2.18. The molecule has 1 aromatic heterocycles. The predicted molar refractivity (Wildman–Crippen MR) is 53.5 cm³/mol. The Kier molecular flexibility index (Phi) is 3.69. The number of aromatic nitrogens is 1. The lowest BCUT2D eigenvalue weighted by atomic mass is 10.0. The second-order valence-corrected chi connectivity index (χ2v) is 4.25. The summed E-state index contributed by atoms with van der Waals surface area (Å²) in [6.45, 7) is 4.46. The van der Waals surface area contributed by atoms with Crippen LogP contribution in [-0.2, 0) is 6.42 Å². The highest BCUT2D eigenvalue weighted by atomic mass is 32.1. The maximum Gasteiger partial charge on any atom is 0.0940 e. The van der Waals surface area contributed by atoms with Crippen molar-refractivity contribution in [2.24, 2.45) is 5.92 Å². The van der Waals surface area contributed by atoms with Crippen LogP contribution < -0.4 is 5.32 Å². The molecular weight excluding hydrogens is 168 g/mol. The summed E-state index contributed by atoms with van der Waals surface area (Å²) in [5.41, 5.74) is 0. The smallest absolute Gasteiger partial charge is 0.0940 e. The van der Waals surface area contributed by atoms with Gasteiger partial charge in [0.25, 0.3) is 0 Å². The van der Waals surface area contributed by atoms with Gasteiger partial charge in [-0.05, 0) is 13.0 Å². The largest absolute Gasteiger partial charge is 0.316 e. The molecule has 0 fully saturated rings. The van der Waals surface area contributed by atoms with Crippen LogP contribution in [0.4, 0.5) is 0 Å². The number of likely N-dealkylation sites (N-methyl/N-ethyl adjacent to an activating group) is 1. The van der Waals surface area contributed by atoms with Crippen molar-refractivity contribution in [2.45, 2.75) is 26.3 Å². The number of nitrogens with one attached hydrogen (secondary N) is 1. The fourth-order valence-electron chi connectivity index (χ4n) is 1.21. The van der Waals surface area contributed by atoms with Crippen molar-refractivity contribution >= 4 is 11.3 Å². The Morgan fingerprint density at radius 1 is 1.58 bits per heavy atom. The van der Waals surface area contributed by atoms with E-state index in [2.05, 4.69) is 24.1 Å². The van der Waals surface area contributed by atoms with Crippen molar-refractivity contribution in [3.05, 3.63) is 16.6 Å². The number of rotatable bonds is 4. The van der Waals surface area contributed by atoms with Gasteiger partial charge < -0.3 is 5.32 Å². The SMILES string of the molecule is CNC(Cc1nccs1)C(C)C. The highest BCUT2D eigenvalue weighted by molar-refractivity contribution is 7.09. The van der Waals surface area contributed by atoms with Crippen molar-refractivity contribution < 1.29 is 0 Å². The highest BCUT2D eigenvalue weighted by Crippen LogP contribution is 2.11. The zero-order chi connectivity index (χ0) is 8.97. The molecule has 0 aliphatic carbocycles. The van der Waals surface area contributed by atoms with Gasteiger partial charge in [-0.3, -0.25) is 0 Å². The van der Waals surface area contributed by atoms with E-state index < -0.39 is 0 Å². The van der Waals surface area contributed by atoms with Crippen LogP contribution in [0, 0.1) is 5.92 Å². The van der Waals surface area contributed by atoms with Crippen LogP contribution in [0.1, 0.15) is 18.9 Å². The fourth-order valence-corrected chi connectivity index (χ4v) is 1.89. The van der Waals surface area contributed by atoms with Gasteiger partial charge in [-0.25, -0.2) is 4.98 Å². The number of hydrogen-bond donors (Lipinski definition) is 1. The van der Waals surface area contributed by atoms with E-state index in [1.165, 1.54) is 5.01 Å². The van der Waals surface area contributed by atoms with Crippen LogP contribution in [0.5, 0.6) is 0 Å². The Labute approximate surface area is 78.0 Å². The number of thiazole rings is 1. The summed E-state index contributed by atoms with van der Waals surface area (Å²) in [5, 5.41) is 6.56. The molecule has 0 amide bonds. The van der Waals surface area contributed by atoms with Gasteiger partial charge in [0.05, 0.1) is 5.01 Å².